The zero-order valence-corrected chi connectivity index (χ0v) is 14.4. The first-order valence-electron chi connectivity index (χ1n) is 7.31. The molecule has 0 saturated heterocycles. The molecule has 2 rings (SSSR count). The van der Waals surface area contributed by atoms with E-state index in [9.17, 15) is 5.11 Å². The Labute approximate surface area is 141 Å². The first-order chi connectivity index (χ1) is 11.1. The molecule has 0 saturated carbocycles. The molecule has 2 N–H and O–H groups in total. The number of halogens is 1. The highest BCUT2D eigenvalue weighted by molar-refractivity contribution is 6.30. The second kappa shape index (κ2) is 8.19. The smallest absolute Gasteiger partial charge is 0.165 e. The average molecular weight is 340 g/mol. The Balaban J connectivity index is 2.25. The van der Waals surface area contributed by atoms with E-state index in [0.29, 0.717) is 36.2 Å². The van der Waals surface area contributed by atoms with Gasteiger partial charge in [-0.2, -0.15) is 0 Å². The molecule has 1 aromatic heterocycles. The van der Waals surface area contributed by atoms with Crippen LogP contribution >= 0.6 is 11.6 Å². The van der Waals surface area contributed by atoms with Crippen molar-refractivity contribution < 1.29 is 14.6 Å². The van der Waals surface area contributed by atoms with Gasteiger partial charge in [0.2, 0.25) is 0 Å². The van der Waals surface area contributed by atoms with Crippen molar-refractivity contribution in [3.05, 3.63) is 40.4 Å². The second-order valence-corrected chi connectivity index (χ2v) is 5.65. The highest BCUT2D eigenvalue weighted by atomic mass is 35.5. The summed E-state index contributed by atoms with van der Waals surface area (Å²) < 4.78 is 10.8. The number of aromatic amines is 1. The van der Waals surface area contributed by atoms with E-state index in [0.717, 1.165) is 17.0 Å². The van der Waals surface area contributed by atoms with E-state index < -0.39 is 0 Å². The van der Waals surface area contributed by atoms with Crippen molar-refractivity contribution in [1.29, 1.82) is 0 Å². The maximum atomic E-state index is 9.34. The van der Waals surface area contributed by atoms with Crippen LogP contribution < -0.4 is 9.47 Å². The number of nitrogens with zero attached hydrogens (tertiary/aromatic N) is 2. The minimum atomic E-state index is 0.0590. The summed E-state index contributed by atoms with van der Waals surface area (Å²) in [5.41, 5.74) is 2.87. The van der Waals surface area contributed by atoms with E-state index in [1.807, 2.05) is 13.0 Å². The SMILES string of the molecule is COc1cc(Cl)cc(CN(CCO)Cc2nc[nH]c2C)c1OC. The molecule has 0 fully saturated rings. The monoisotopic (exact) mass is 339 g/mol. The maximum absolute atomic E-state index is 9.34. The van der Waals surface area contributed by atoms with Crippen LogP contribution in [0, 0.1) is 6.92 Å². The Morgan fingerprint density at radius 3 is 2.61 bits per heavy atom. The van der Waals surface area contributed by atoms with Crippen LogP contribution in [0.5, 0.6) is 11.5 Å². The number of nitrogens with one attached hydrogen (secondary N) is 1. The Morgan fingerprint density at radius 1 is 1.26 bits per heavy atom. The molecule has 0 aliphatic rings. The lowest BCUT2D eigenvalue weighted by molar-refractivity contribution is 0.181. The van der Waals surface area contributed by atoms with Crippen LogP contribution in [0.2, 0.25) is 5.02 Å². The lowest BCUT2D eigenvalue weighted by Crippen LogP contribution is -2.27. The fourth-order valence-electron chi connectivity index (χ4n) is 2.48. The quantitative estimate of drug-likeness (QED) is 0.772. The molecule has 2 aromatic rings. The van der Waals surface area contributed by atoms with Gasteiger partial charge in [0.25, 0.3) is 0 Å². The van der Waals surface area contributed by atoms with Gasteiger partial charge < -0.3 is 19.6 Å². The van der Waals surface area contributed by atoms with E-state index in [1.165, 1.54) is 0 Å². The Kier molecular flexibility index (Phi) is 6.27. The third kappa shape index (κ3) is 4.37. The summed E-state index contributed by atoms with van der Waals surface area (Å²) in [4.78, 5) is 9.46. The summed E-state index contributed by atoms with van der Waals surface area (Å²) in [5.74, 6) is 1.24. The molecule has 0 spiro atoms. The Hall–Kier alpha value is -1.76. The minimum absolute atomic E-state index is 0.0590. The van der Waals surface area contributed by atoms with Gasteiger partial charge in [-0.15, -0.1) is 0 Å². The minimum Gasteiger partial charge on any atom is -0.493 e. The number of aromatic nitrogens is 2. The number of hydrogen-bond acceptors (Lipinski definition) is 5. The maximum Gasteiger partial charge on any atom is 0.165 e. The largest absolute Gasteiger partial charge is 0.493 e. The fourth-order valence-corrected chi connectivity index (χ4v) is 2.71. The van der Waals surface area contributed by atoms with Gasteiger partial charge in [0.15, 0.2) is 11.5 Å². The number of H-pyrrole nitrogens is 1. The van der Waals surface area contributed by atoms with Crippen molar-refractivity contribution in [2.24, 2.45) is 0 Å². The van der Waals surface area contributed by atoms with Crippen LogP contribution in [0.3, 0.4) is 0 Å². The average Bonchev–Trinajstić information content (AvgIpc) is 2.92. The van der Waals surface area contributed by atoms with Gasteiger partial charge in [-0.3, -0.25) is 4.90 Å². The third-order valence-electron chi connectivity index (χ3n) is 3.64. The molecule has 7 heteroatoms. The number of imidazole rings is 1. The fraction of sp³-hybridized carbons (Fsp3) is 0.438. The molecule has 0 bridgehead atoms. The topological polar surface area (TPSA) is 70.6 Å². The van der Waals surface area contributed by atoms with Crippen LogP contribution in [0.25, 0.3) is 0 Å². The van der Waals surface area contributed by atoms with Gasteiger partial charge in [0.05, 0.1) is 32.8 Å². The lowest BCUT2D eigenvalue weighted by Gasteiger charge is -2.23. The van der Waals surface area contributed by atoms with Crippen molar-refractivity contribution in [3.8, 4) is 11.5 Å². The van der Waals surface area contributed by atoms with E-state index in [4.69, 9.17) is 21.1 Å². The van der Waals surface area contributed by atoms with E-state index >= 15 is 0 Å². The number of aryl methyl sites for hydroxylation is 1. The predicted molar refractivity (Wildman–Crippen MR) is 89.1 cm³/mol. The van der Waals surface area contributed by atoms with E-state index in [-0.39, 0.29) is 6.61 Å². The predicted octanol–water partition coefficient (Wildman–Crippen LogP) is 2.38. The molecule has 6 nitrogen and oxygen atoms in total. The molecule has 23 heavy (non-hydrogen) atoms. The summed E-state index contributed by atoms with van der Waals surface area (Å²) in [7, 11) is 3.18. The molecule has 0 aliphatic heterocycles. The number of rotatable bonds is 8. The standard InChI is InChI=1S/C16H22ClN3O3/c1-11-14(19-10-18-11)9-20(4-5-21)8-12-6-13(17)7-15(22-2)16(12)23-3/h6-7,10,21H,4-5,8-9H2,1-3H3,(H,18,19). The molecule has 0 amide bonds. The van der Waals surface area contributed by atoms with Crippen molar-refractivity contribution in [2.45, 2.75) is 20.0 Å². The summed E-state index contributed by atoms with van der Waals surface area (Å²) in [6.07, 6.45) is 1.67. The number of benzene rings is 1. The Morgan fingerprint density at radius 2 is 2.04 bits per heavy atom. The summed E-state index contributed by atoms with van der Waals surface area (Å²) in [6.45, 7) is 3.73. The molecule has 1 heterocycles. The first-order valence-corrected chi connectivity index (χ1v) is 7.69. The van der Waals surface area contributed by atoms with Gasteiger partial charge in [0, 0.05) is 42.0 Å². The zero-order valence-electron chi connectivity index (χ0n) is 13.6. The van der Waals surface area contributed by atoms with Gasteiger partial charge >= 0.3 is 0 Å². The molecule has 1 aromatic carbocycles. The number of aliphatic hydroxyl groups is 1. The van der Waals surface area contributed by atoms with Gasteiger partial charge in [-0.05, 0) is 13.0 Å². The summed E-state index contributed by atoms with van der Waals surface area (Å²) in [6, 6.07) is 3.57. The van der Waals surface area contributed by atoms with Gasteiger partial charge in [-0.25, -0.2) is 4.98 Å². The zero-order chi connectivity index (χ0) is 16.8. The second-order valence-electron chi connectivity index (χ2n) is 5.21. The number of hydrogen-bond donors (Lipinski definition) is 2. The molecular weight excluding hydrogens is 318 g/mol. The molecule has 0 atom stereocenters. The summed E-state index contributed by atoms with van der Waals surface area (Å²) >= 11 is 6.17. The van der Waals surface area contributed by atoms with Crippen molar-refractivity contribution in [1.82, 2.24) is 14.9 Å². The van der Waals surface area contributed by atoms with Crippen LogP contribution in [0.15, 0.2) is 18.5 Å². The Bertz CT molecular complexity index is 645. The third-order valence-corrected chi connectivity index (χ3v) is 3.86. The van der Waals surface area contributed by atoms with Gasteiger partial charge in [0.1, 0.15) is 0 Å². The molecule has 0 unspecified atom stereocenters. The number of ether oxygens (including phenoxy) is 2. The van der Waals surface area contributed by atoms with Crippen molar-refractivity contribution >= 4 is 11.6 Å². The van der Waals surface area contributed by atoms with Crippen LogP contribution in [0.1, 0.15) is 17.0 Å². The van der Waals surface area contributed by atoms with Crippen molar-refractivity contribution in [2.75, 3.05) is 27.4 Å². The highest BCUT2D eigenvalue weighted by Crippen LogP contribution is 2.35. The van der Waals surface area contributed by atoms with E-state index in [1.54, 1.807) is 26.6 Å². The molecular formula is C16H22ClN3O3. The highest BCUT2D eigenvalue weighted by Gasteiger charge is 2.16. The first kappa shape index (κ1) is 17.6. The molecule has 126 valence electrons. The number of methoxy groups -OCH3 is 2. The van der Waals surface area contributed by atoms with Crippen molar-refractivity contribution in [3.63, 3.8) is 0 Å². The van der Waals surface area contributed by atoms with E-state index in [2.05, 4.69) is 14.9 Å². The molecule has 0 aliphatic carbocycles. The van der Waals surface area contributed by atoms with Crippen LogP contribution in [0.4, 0.5) is 0 Å². The molecule has 0 radical (unpaired) electrons. The number of aliphatic hydroxyl groups excluding tert-OH is 1. The van der Waals surface area contributed by atoms with Crippen LogP contribution in [-0.2, 0) is 13.1 Å². The lowest BCUT2D eigenvalue weighted by atomic mass is 10.1. The van der Waals surface area contributed by atoms with Gasteiger partial charge in [-0.1, -0.05) is 11.6 Å². The normalized spacial score (nSPS) is 11.0. The summed E-state index contributed by atoms with van der Waals surface area (Å²) in [5, 5.41) is 9.92. The van der Waals surface area contributed by atoms with Crippen LogP contribution in [-0.4, -0.2) is 47.3 Å².